The molecule has 0 radical (unpaired) electrons. The topological polar surface area (TPSA) is 39.3 Å². The lowest BCUT2D eigenvalue weighted by atomic mass is 10.2. The molecule has 21 heavy (non-hydrogen) atoms. The third-order valence-electron chi connectivity index (χ3n) is 3.61. The molecule has 1 aromatic rings. The van der Waals surface area contributed by atoms with E-state index in [1.54, 1.807) is 0 Å². The molecule has 0 unspecified atom stereocenters. The van der Waals surface area contributed by atoms with Gasteiger partial charge in [0.15, 0.2) is 0 Å². The maximum Gasteiger partial charge on any atom is 0.0465 e. The average molecular weight is 331 g/mol. The number of rotatable bonds is 2. The minimum absolute atomic E-state index is 0.749. The third-order valence-corrected chi connectivity index (χ3v) is 4.32. The van der Waals surface area contributed by atoms with E-state index in [0.717, 1.165) is 74.5 Å². The van der Waals surface area contributed by atoms with E-state index in [0.29, 0.717) is 0 Å². The van der Waals surface area contributed by atoms with Crippen LogP contribution in [0.1, 0.15) is 5.56 Å². The summed E-state index contributed by atoms with van der Waals surface area (Å²) in [5.74, 6) is 0. The van der Waals surface area contributed by atoms with Gasteiger partial charge in [0.2, 0.25) is 0 Å². The van der Waals surface area contributed by atoms with Crippen molar-refractivity contribution < 1.29 is 0 Å². The molecular formula is C15H24Cl2N4. The van der Waals surface area contributed by atoms with Crippen molar-refractivity contribution in [3.8, 4) is 0 Å². The molecule has 0 atom stereocenters. The van der Waals surface area contributed by atoms with Gasteiger partial charge in [0, 0.05) is 74.5 Å². The smallest absolute Gasteiger partial charge is 0.0465 e. The molecule has 4 nitrogen and oxygen atoms in total. The van der Waals surface area contributed by atoms with Gasteiger partial charge < -0.3 is 16.0 Å². The highest BCUT2D eigenvalue weighted by Crippen LogP contribution is 2.25. The van der Waals surface area contributed by atoms with Gasteiger partial charge in [-0.1, -0.05) is 29.3 Å². The Bertz CT molecular complexity index is 396. The van der Waals surface area contributed by atoms with E-state index in [1.165, 1.54) is 0 Å². The highest BCUT2D eigenvalue weighted by Gasteiger charge is 2.11. The van der Waals surface area contributed by atoms with Gasteiger partial charge in [-0.05, 0) is 12.1 Å². The highest BCUT2D eigenvalue weighted by molar-refractivity contribution is 6.35. The minimum Gasteiger partial charge on any atom is -0.314 e. The Hall–Kier alpha value is -0.360. The first-order valence-electron chi connectivity index (χ1n) is 7.55. The first-order chi connectivity index (χ1) is 10.3. The zero-order valence-corrected chi connectivity index (χ0v) is 13.8. The standard InChI is InChI=1S/C15H24Cl2N4/c16-14-2-1-3-15(17)13(14)12-21-10-8-19-6-4-18-5-7-20-9-11-21/h1-3,18-20H,4-12H2. The van der Waals surface area contributed by atoms with Crippen LogP contribution in [-0.2, 0) is 6.54 Å². The zero-order chi connectivity index (χ0) is 14.9. The summed E-state index contributed by atoms with van der Waals surface area (Å²) < 4.78 is 0. The van der Waals surface area contributed by atoms with Crippen LogP contribution in [0.4, 0.5) is 0 Å². The monoisotopic (exact) mass is 330 g/mol. The van der Waals surface area contributed by atoms with E-state index in [9.17, 15) is 0 Å². The van der Waals surface area contributed by atoms with Crippen molar-refractivity contribution in [2.24, 2.45) is 0 Å². The van der Waals surface area contributed by atoms with E-state index in [-0.39, 0.29) is 0 Å². The highest BCUT2D eigenvalue weighted by atomic mass is 35.5. The van der Waals surface area contributed by atoms with Crippen molar-refractivity contribution in [1.82, 2.24) is 20.9 Å². The summed E-state index contributed by atoms with van der Waals surface area (Å²) in [5, 5.41) is 11.8. The normalized spacial score (nSPS) is 19.7. The number of nitrogens with zero attached hydrogens (tertiary/aromatic N) is 1. The number of halogens is 2. The molecule has 6 heteroatoms. The Labute approximate surface area is 137 Å². The van der Waals surface area contributed by atoms with Crippen LogP contribution < -0.4 is 16.0 Å². The first kappa shape index (κ1) is 17.0. The molecule has 1 aliphatic heterocycles. The van der Waals surface area contributed by atoms with Gasteiger partial charge in [0.1, 0.15) is 0 Å². The van der Waals surface area contributed by atoms with Gasteiger partial charge in [-0.2, -0.15) is 0 Å². The number of hydrogen-bond donors (Lipinski definition) is 3. The lowest BCUT2D eigenvalue weighted by Crippen LogP contribution is -2.41. The van der Waals surface area contributed by atoms with Gasteiger partial charge in [-0.25, -0.2) is 0 Å². The van der Waals surface area contributed by atoms with Gasteiger partial charge in [0.25, 0.3) is 0 Å². The maximum absolute atomic E-state index is 6.28. The van der Waals surface area contributed by atoms with Crippen LogP contribution in [-0.4, -0.2) is 57.3 Å². The van der Waals surface area contributed by atoms with Crippen molar-refractivity contribution >= 4 is 23.2 Å². The quantitative estimate of drug-likeness (QED) is 0.770. The van der Waals surface area contributed by atoms with Crippen molar-refractivity contribution in [3.63, 3.8) is 0 Å². The van der Waals surface area contributed by atoms with E-state index in [1.807, 2.05) is 18.2 Å². The molecule has 1 fully saturated rings. The van der Waals surface area contributed by atoms with Crippen molar-refractivity contribution in [2.75, 3.05) is 52.4 Å². The molecule has 118 valence electrons. The Kier molecular flexibility index (Phi) is 7.78. The molecule has 0 aromatic heterocycles. The van der Waals surface area contributed by atoms with Crippen LogP contribution in [0.15, 0.2) is 18.2 Å². The summed E-state index contributed by atoms with van der Waals surface area (Å²) in [7, 11) is 0. The Balaban J connectivity index is 1.94. The molecule has 0 aliphatic carbocycles. The van der Waals surface area contributed by atoms with Crippen LogP contribution >= 0.6 is 23.2 Å². The lowest BCUT2D eigenvalue weighted by Gasteiger charge is -2.24. The molecule has 1 heterocycles. The van der Waals surface area contributed by atoms with E-state index >= 15 is 0 Å². The molecule has 0 bridgehead atoms. The molecular weight excluding hydrogens is 307 g/mol. The van der Waals surface area contributed by atoms with Gasteiger partial charge in [-0.15, -0.1) is 0 Å². The Morgan fingerprint density at radius 2 is 1.29 bits per heavy atom. The van der Waals surface area contributed by atoms with Gasteiger partial charge in [-0.3, -0.25) is 4.90 Å². The fourth-order valence-electron chi connectivity index (χ4n) is 2.38. The molecule has 1 saturated heterocycles. The van der Waals surface area contributed by atoms with Crippen LogP contribution in [0.25, 0.3) is 0 Å². The van der Waals surface area contributed by atoms with Crippen LogP contribution in [0.5, 0.6) is 0 Å². The van der Waals surface area contributed by atoms with E-state index in [4.69, 9.17) is 23.2 Å². The fraction of sp³-hybridized carbons (Fsp3) is 0.600. The molecule has 3 N–H and O–H groups in total. The fourth-order valence-corrected chi connectivity index (χ4v) is 2.90. The molecule has 0 saturated carbocycles. The molecule has 2 rings (SSSR count). The number of hydrogen-bond acceptors (Lipinski definition) is 4. The summed E-state index contributed by atoms with van der Waals surface area (Å²) in [5.41, 5.74) is 1.02. The van der Waals surface area contributed by atoms with Crippen LogP contribution in [0.2, 0.25) is 10.0 Å². The molecule has 0 spiro atoms. The second kappa shape index (κ2) is 9.62. The second-order valence-corrected chi connectivity index (χ2v) is 6.04. The number of benzene rings is 1. The third kappa shape index (κ3) is 6.10. The average Bonchev–Trinajstić information content (AvgIpc) is 2.45. The Morgan fingerprint density at radius 3 is 1.81 bits per heavy atom. The largest absolute Gasteiger partial charge is 0.314 e. The second-order valence-electron chi connectivity index (χ2n) is 5.23. The summed E-state index contributed by atoms with van der Waals surface area (Å²) in [4.78, 5) is 2.39. The van der Waals surface area contributed by atoms with Crippen molar-refractivity contribution in [3.05, 3.63) is 33.8 Å². The van der Waals surface area contributed by atoms with Crippen molar-refractivity contribution in [1.29, 1.82) is 0 Å². The summed E-state index contributed by atoms with van der Waals surface area (Å²) in [6.07, 6.45) is 0. The maximum atomic E-state index is 6.28. The molecule has 1 aromatic carbocycles. The van der Waals surface area contributed by atoms with Crippen LogP contribution in [0.3, 0.4) is 0 Å². The predicted octanol–water partition coefficient (Wildman–Crippen LogP) is 1.58. The molecule has 1 aliphatic rings. The molecule has 0 amide bonds. The van der Waals surface area contributed by atoms with E-state index in [2.05, 4.69) is 20.9 Å². The zero-order valence-electron chi connectivity index (χ0n) is 12.3. The van der Waals surface area contributed by atoms with Crippen molar-refractivity contribution in [2.45, 2.75) is 6.54 Å². The summed E-state index contributed by atoms with van der Waals surface area (Å²) in [6, 6.07) is 5.70. The summed E-state index contributed by atoms with van der Waals surface area (Å²) >= 11 is 12.6. The first-order valence-corrected chi connectivity index (χ1v) is 8.30. The summed E-state index contributed by atoms with van der Waals surface area (Å²) in [6.45, 7) is 8.75. The Morgan fingerprint density at radius 1 is 0.810 bits per heavy atom. The predicted molar refractivity (Wildman–Crippen MR) is 90.3 cm³/mol. The minimum atomic E-state index is 0.749. The SMILES string of the molecule is Clc1cccc(Cl)c1CN1CCNCCNCCNCC1. The van der Waals surface area contributed by atoms with Gasteiger partial charge in [0.05, 0.1) is 0 Å². The van der Waals surface area contributed by atoms with Gasteiger partial charge >= 0.3 is 0 Å². The van der Waals surface area contributed by atoms with E-state index < -0.39 is 0 Å². The lowest BCUT2D eigenvalue weighted by molar-refractivity contribution is 0.263. The number of nitrogens with one attached hydrogen (secondary N) is 3. The van der Waals surface area contributed by atoms with Crippen LogP contribution in [0, 0.1) is 0 Å².